The number of primary amides is 1. The van der Waals surface area contributed by atoms with E-state index < -0.39 is 18.0 Å². The van der Waals surface area contributed by atoms with E-state index in [9.17, 15) is 19.5 Å². The van der Waals surface area contributed by atoms with Crippen LogP contribution in [0, 0.1) is 0 Å². The van der Waals surface area contributed by atoms with Crippen molar-refractivity contribution < 1.29 is 24.2 Å². The van der Waals surface area contributed by atoms with Crippen LogP contribution in [0.5, 0.6) is 5.75 Å². The number of aromatic hydroxyl groups is 1. The number of phenols is 1. The van der Waals surface area contributed by atoms with Crippen molar-refractivity contribution in [3.63, 3.8) is 0 Å². The lowest BCUT2D eigenvalue weighted by Gasteiger charge is -2.16. The van der Waals surface area contributed by atoms with Gasteiger partial charge in [0.2, 0.25) is 5.91 Å². The second-order valence-electron chi connectivity index (χ2n) is 5.99. The Morgan fingerprint density at radius 2 is 1.81 bits per heavy atom. The van der Waals surface area contributed by atoms with Crippen LogP contribution in [0.15, 0.2) is 48.5 Å². The van der Waals surface area contributed by atoms with Crippen molar-refractivity contribution in [2.75, 3.05) is 0 Å². The van der Waals surface area contributed by atoms with Gasteiger partial charge in [-0.3, -0.25) is 9.59 Å². The number of nitrogens with two attached hydrogens (primary N) is 1. The number of benzene rings is 2. The summed E-state index contributed by atoms with van der Waals surface area (Å²) in [7, 11) is 0. The molecule has 2 rings (SSSR count). The molecule has 2 amide bonds. The number of phenolic OH excluding ortho intramolecular Hbond substituents is 1. The average molecular weight is 370 g/mol. The molecule has 0 heterocycles. The highest BCUT2D eigenvalue weighted by Gasteiger charge is 2.20. The van der Waals surface area contributed by atoms with E-state index in [0.29, 0.717) is 5.56 Å². The Bertz CT molecular complexity index is 820. The summed E-state index contributed by atoms with van der Waals surface area (Å²) in [5, 5.41) is 12.2. The molecule has 0 saturated carbocycles. The Morgan fingerprint density at radius 3 is 2.44 bits per heavy atom. The van der Waals surface area contributed by atoms with Crippen molar-refractivity contribution >= 4 is 17.8 Å². The number of hydrogen-bond donors (Lipinski definition) is 3. The van der Waals surface area contributed by atoms with Gasteiger partial charge in [-0.05, 0) is 23.3 Å². The van der Waals surface area contributed by atoms with Gasteiger partial charge in [0.25, 0.3) is 0 Å². The number of alkyl carbamates (subject to hydrolysis) is 1. The highest BCUT2D eigenvalue weighted by Crippen LogP contribution is 2.21. The second kappa shape index (κ2) is 9.38. The zero-order valence-electron chi connectivity index (χ0n) is 15.0. The van der Waals surface area contributed by atoms with E-state index in [4.69, 9.17) is 10.5 Å². The monoisotopic (exact) mass is 370 g/mol. The van der Waals surface area contributed by atoms with Gasteiger partial charge in [-0.2, -0.15) is 0 Å². The first-order valence-electron chi connectivity index (χ1n) is 8.52. The summed E-state index contributed by atoms with van der Waals surface area (Å²) in [5.74, 6) is -1.08. The van der Waals surface area contributed by atoms with Crippen molar-refractivity contribution in [1.29, 1.82) is 0 Å². The minimum absolute atomic E-state index is 0.0620. The second-order valence-corrected chi connectivity index (χ2v) is 5.99. The lowest BCUT2D eigenvalue weighted by Crippen LogP contribution is -2.46. The van der Waals surface area contributed by atoms with Crippen molar-refractivity contribution in [1.82, 2.24) is 5.32 Å². The lowest BCUT2D eigenvalue weighted by molar-refractivity contribution is -0.119. The van der Waals surface area contributed by atoms with E-state index in [0.717, 1.165) is 5.56 Å². The lowest BCUT2D eigenvalue weighted by atomic mass is 9.99. The molecule has 0 aliphatic carbocycles. The summed E-state index contributed by atoms with van der Waals surface area (Å²) >= 11 is 0. The fourth-order valence-electron chi connectivity index (χ4n) is 2.49. The summed E-state index contributed by atoms with van der Waals surface area (Å²) in [4.78, 5) is 35.5. The van der Waals surface area contributed by atoms with Crippen molar-refractivity contribution in [2.24, 2.45) is 5.73 Å². The van der Waals surface area contributed by atoms with Gasteiger partial charge in [-0.1, -0.05) is 43.3 Å². The van der Waals surface area contributed by atoms with Crippen LogP contribution < -0.4 is 11.1 Å². The zero-order valence-corrected chi connectivity index (χ0v) is 15.0. The highest BCUT2D eigenvalue weighted by molar-refractivity contribution is 5.98. The highest BCUT2D eigenvalue weighted by atomic mass is 16.5. The largest absolute Gasteiger partial charge is 0.507 e. The van der Waals surface area contributed by atoms with Gasteiger partial charge in [0.1, 0.15) is 18.4 Å². The molecule has 0 saturated heterocycles. The SMILES string of the molecule is CCC(=O)c1cc(C[C@H](NC(=O)OCc2ccccc2)C(N)=O)ccc1O. The predicted molar refractivity (Wildman–Crippen MR) is 99.2 cm³/mol. The summed E-state index contributed by atoms with van der Waals surface area (Å²) in [6.45, 7) is 1.75. The number of ether oxygens (including phenoxy) is 1. The molecule has 0 aliphatic heterocycles. The molecular formula is C20H22N2O5. The number of carbonyl (C=O) groups is 3. The van der Waals surface area contributed by atoms with Crippen LogP contribution in [0.3, 0.4) is 0 Å². The van der Waals surface area contributed by atoms with Gasteiger partial charge in [0.15, 0.2) is 5.78 Å². The van der Waals surface area contributed by atoms with Crippen LogP contribution in [0.1, 0.15) is 34.8 Å². The minimum atomic E-state index is -1.01. The first-order valence-corrected chi connectivity index (χ1v) is 8.52. The molecule has 142 valence electrons. The standard InChI is InChI=1S/C20H22N2O5/c1-2-17(23)15-10-14(8-9-18(15)24)11-16(19(21)25)22-20(26)27-12-13-6-4-3-5-7-13/h3-10,16,24H,2,11-12H2,1H3,(H2,21,25)(H,22,26)/t16-/m0/s1. The zero-order chi connectivity index (χ0) is 19.8. The first-order chi connectivity index (χ1) is 12.9. The molecule has 7 nitrogen and oxygen atoms in total. The molecule has 1 atom stereocenters. The van der Waals surface area contributed by atoms with Crippen LogP contribution in [0.25, 0.3) is 0 Å². The molecule has 0 radical (unpaired) electrons. The van der Waals surface area contributed by atoms with E-state index in [1.165, 1.54) is 12.1 Å². The average Bonchev–Trinajstić information content (AvgIpc) is 2.67. The first kappa shape index (κ1) is 20.0. The molecule has 7 heteroatoms. The van der Waals surface area contributed by atoms with Gasteiger partial charge in [-0.15, -0.1) is 0 Å². The molecule has 27 heavy (non-hydrogen) atoms. The van der Waals surface area contributed by atoms with Gasteiger partial charge >= 0.3 is 6.09 Å². The van der Waals surface area contributed by atoms with Crippen LogP contribution in [-0.4, -0.2) is 28.9 Å². The van der Waals surface area contributed by atoms with E-state index in [1.54, 1.807) is 13.0 Å². The Kier molecular flexibility index (Phi) is 6.93. The number of carbonyl (C=O) groups excluding carboxylic acids is 3. The number of Topliss-reactive ketones (excluding diaryl/α,β-unsaturated/α-hetero) is 1. The van der Waals surface area contributed by atoms with Crippen LogP contribution in [0.4, 0.5) is 4.79 Å². The normalized spacial score (nSPS) is 11.4. The number of ketones is 1. The summed E-state index contributed by atoms with van der Waals surface area (Å²) in [5.41, 5.74) is 6.93. The molecule has 4 N–H and O–H groups in total. The van der Waals surface area contributed by atoms with Crippen molar-refractivity contribution in [2.45, 2.75) is 32.4 Å². The Balaban J connectivity index is 2.02. The Morgan fingerprint density at radius 1 is 1.11 bits per heavy atom. The van der Waals surface area contributed by atoms with E-state index in [-0.39, 0.29) is 36.5 Å². The van der Waals surface area contributed by atoms with Gasteiger partial charge in [-0.25, -0.2) is 4.79 Å². The Hall–Kier alpha value is -3.35. The molecular weight excluding hydrogens is 348 g/mol. The van der Waals surface area contributed by atoms with E-state index >= 15 is 0 Å². The van der Waals surface area contributed by atoms with E-state index in [2.05, 4.69) is 5.32 Å². The number of amides is 2. The van der Waals surface area contributed by atoms with Crippen LogP contribution in [-0.2, 0) is 22.6 Å². The quantitative estimate of drug-likeness (QED) is 0.616. The topological polar surface area (TPSA) is 119 Å². The molecule has 0 bridgehead atoms. The summed E-state index contributed by atoms with van der Waals surface area (Å²) in [6.07, 6.45) is -0.466. The molecule has 0 aliphatic rings. The third-order valence-electron chi connectivity index (χ3n) is 3.97. The van der Waals surface area contributed by atoms with Crippen molar-refractivity contribution in [3.05, 3.63) is 65.2 Å². The number of rotatable bonds is 8. The van der Waals surface area contributed by atoms with Crippen LogP contribution in [0.2, 0.25) is 0 Å². The predicted octanol–water partition coefficient (Wildman–Crippen LogP) is 2.31. The number of nitrogens with one attached hydrogen (secondary N) is 1. The molecule has 0 unspecified atom stereocenters. The molecule has 0 aromatic heterocycles. The fourth-order valence-corrected chi connectivity index (χ4v) is 2.49. The van der Waals surface area contributed by atoms with Gasteiger partial charge in [0.05, 0.1) is 5.56 Å². The van der Waals surface area contributed by atoms with E-state index in [1.807, 2.05) is 30.3 Å². The van der Waals surface area contributed by atoms with Gasteiger partial charge in [0, 0.05) is 12.8 Å². The fraction of sp³-hybridized carbons (Fsp3) is 0.250. The molecule has 2 aromatic rings. The number of hydrogen-bond acceptors (Lipinski definition) is 5. The summed E-state index contributed by atoms with van der Waals surface area (Å²) in [6, 6.07) is 12.5. The minimum Gasteiger partial charge on any atom is -0.507 e. The molecule has 0 spiro atoms. The van der Waals surface area contributed by atoms with Crippen LogP contribution >= 0.6 is 0 Å². The van der Waals surface area contributed by atoms with Crippen molar-refractivity contribution in [3.8, 4) is 5.75 Å². The smallest absolute Gasteiger partial charge is 0.408 e. The van der Waals surface area contributed by atoms with Gasteiger partial charge < -0.3 is 20.9 Å². The Labute approximate surface area is 157 Å². The maximum absolute atomic E-state index is 12.0. The maximum atomic E-state index is 12.0. The third-order valence-corrected chi connectivity index (χ3v) is 3.97. The third kappa shape index (κ3) is 5.85. The maximum Gasteiger partial charge on any atom is 0.408 e. The molecule has 0 fully saturated rings. The molecule has 2 aromatic carbocycles. The summed E-state index contributed by atoms with van der Waals surface area (Å²) < 4.78 is 5.09.